The van der Waals surface area contributed by atoms with E-state index in [1.165, 1.54) is 4.90 Å². The van der Waals surface area contributed by atoms with E-state index in [2.05, 4.69) is 5.32 Å². The summed E-state index contributed by atoms with van der Waals surface area (Å²) in [5.74, 6) is -2.40. The number of nitrogens with zero attached hydrogens (tertiary/aromatic N) is 3. The van der Waals surface area contributed by atoms with Crippen LogP contribution in [0.15, 0.2) is 11.4 Å². The monoisotopic (exact) mass is 478 g/mol. The lowest BCUT2D eigenvalue weighted by molar-refractivity contribution is -0.138. The summed E-state index contributed by atoms with van der Waals surface area (Å²) in [5, 5.41) is 11.4. The molecule has 0 aromatic carbocycles. The second-order valence-electron chi connectivity index (χ2n) is 10.1. The predicted octanol–water partition coefficient (Wildman–Crippen LogP) is -0.0420. The van der Waals surface area contributed by atoms with Crippen molar-refractivity contribution in [2.75, 3.05) is 19.7 Å². The lowest BCUT2D eigenvalue weighted by Crippen LogP contribution is -2.61. The van der Waals surface area contributed by atoms with Crippen molar-refractivity contribution in [2.45, 2.75) is 70.9 Å². The molecular formula is C22H34N6O6. The molecule has 3 aliphatic rings. The van der Waals surface area contributed by atoms with Crippen LogP contribution in [0.1, 0.15) is 59.3 Å². The largest absolute Gasteiger partial charge is 0.396 e. The van der Waals surface area contributed by atoms with E-state index in [4.69, 9.17) is 16.6 Å². The maximum absolute atomic E-state index is 13.2. The molecule has 2 aliphatic heterocycles. The van der Waals surface area contributed by atoms with Crippen molar-refractivity contribution in [3.8, 4) is 0 Å². The molecule has 12 nitrogen and oxygen atoms in total. The Morgan fingerprint density at radius 2 is 1.65 bits per heavy atom. The van der Waals surface area contributed by atoms with E-state index in [0.717, 1.165) is 9.80 Å². The molecule has 0 atom stereocenters. The molecule has 3 fully saturated rings. The van der Waals surface area contributed by atoms with E-state index in [9.17, 15) is 24.0 Å². The van der Waals surface area contributed by atoms with Crippen molar-refractivity contribution in [1.29, 1.82) is 0 Å². The Bertz CT molecular complexity index is 932. The van der Waals surface area contributed by atoms with Gasteiger partial charge >= 0.3 is 12.1 Å². The number of imide groups is 3. The summed E-state index contributed by atoms with van der Waals surface area (Å²) in [6.07, 6.45) is 2.90. The first-order valence-electron chi connectivity index (χ1n) is 11.5. The standard InChI is InChI=1S/C22H34N6O6/c1-21(2)18(32)25-19(33)27(21)12-22(3)8-6-13(7-9-22)28-17(31)14(15(23)24)16(30)26(20(28)34)10-4-5-11-29/h13,29H,4-12,23-24H2,1-3H3,(H,25,32,33). The smallest absolute Gasteiger partial charge is 0.334 e. The topological polar surface area (TPSA) is 179 Å². The van der Waals surface area contributed by atoms with Crippen molar-refractivity contribution in [3.63, 3.8) is 0 Å². The van der Waals surface area contributed by atoms with Gasteiger partial charge in [-0.25, -0.2) is 9.59 Å². The van der Waals surface area contributed by atoms with Crippen LogP contribution in [0.25, 0.3) is 0 Å². The molecule has 2 heterocycles. The quantitative estimate of drug-likeness (QED) is 0.170. The minimum absolute atomic E-state index is 0.0381. The summed E-state index contributed by atoms with van der Waals surface area (Å²) < 4.78 is 0. The Hall–Kier alpha value is -3.15. The number of aliphatic hydroxyl groups is 1. The Labute approximate surface area is 198 Å². The number of rotatable bonds is 7. The number of nitrogens with two attached hydrogens (primary N) is 2. The molecule has 3 rings (SSSR count). The molecule has 0 bridgehead atoms. The van der Waals surface area contributed by atoms with Crippen LogP contribution in [0.5, 0.6) is 0 Å². The molecule has 6 N–H and O–H groups in total. The molecule has 0 spiro atoms. The number of hydrogen-bond acceptors (Lipinski definition) is 8. The van der Waals surface area contributed by atoms with E-state index in [1.807, 2.05) is 6.92 Å². The molecule has 2 saturated heterocycles. The first kappa shape index (κ1) is 25.5. The maximum Gasteiger partial charge on any atom is 0.334 e. The predicted molar refractivity (Wildman–Crippen MR) is 120 cm³/mol. The summed E-state index contributed by atoms with van der Waals surface area (Å²) in [7, 11) is 0. The maximum atomic E-state index is 13.2. The van der Waals surface area contributed by atoms with Gasteiger partial charge in [-0.1, -0.05) is 6.92 Å². The van der Waals surface area contributed by atoms with Crippen LogP contribution in [0.3, 0.4) is 0 Å². The number of carbonyl (C=O) groups excluding carboxylic acids is 5. The van der Waals surface area contributed by atoms with E-state index in [-0.39, 0.29) is 24.5 Å². The summed E-state index contributed by atoms with van der Waals surface area (Å²) in [6.45, 7) is 5.72. The first-order chi connectivity index (χ1) is 15.8. The lowest BCUT2D eigenvalue weighted by Gasteiger charge is -2.45. The third-order valence-corrected chi connectivity index (χ3v) is 7.17. The average molecular weight is 479 g/mol. The summed E-state index contributed by atoms with van der Waals surface area (Å²) in [5.41, 5.74) is 9.57. The molecule has 1 saturated carbocycles. The van der Waals surface area contributed by atoms with E-state index in [1.54, 1.807) is 13.8 Å². The van der Waals surface area contributed by atoms with Crippen molar-refractivity contribution in [2.24, 2.45) is 16.9 Å². The average Bonchev–Trinajstić information content (AvgIpc) is 2.93. The normalized spacial score (nSPS) is 27.5. The van der Waals surface area contributed by atoms with Crippen LogP contribution in [0, 0.1) is 5.41 Å². The Morgan fingerprint density at radius 3 is 2.15 bits per heavy atom. The zero-order valence-electron chi connectivity index (χ0n) is 19.9. The molecule has 0 aromatic rings. The van der Waals surface area contributed by atoms with Gasteiger partial charge < -0.3 is 21.5 Å². The summed E-state index contributed by atoms with van der Waals surface area (Å²) >= 11 is 0. The fourth-order valence-corrected chi connectivity index (χ4v) is 4.86. The fourth-order valence-electron chi connectivity index (χ4n) is 4.86. The van der Waals surface area contributed by atoms with Crippen LogP contribution >= 0.6 is 0 Å². The summed E-state index contributed by atoms with van der Waals surface area (Å²) in [6, 6.07) is -1.60. The third-order valence-electron chi connectivity index (χ3n) is 7.17. The SMILES string of the molecule is CC1(CN2C(=O)NC(=O)C2(C)C)CCC(N2C(=O)C(=C(N)N)C(=O)N(CCCCO)C2=O)CC1. The second-order valence-corrected chi connectivity index (χ2v) is 10.1. The fraction of sp³-hybridized carbons (Fsp3) is 0.682. The molecule has 1 aliphatic carbocycles. The van der Waals surface area contributed by atoms with Gasteiger partial charge in [-0.15, -0.1) is 0 Å². The van der Waals surface area contributed by atoms with Crippen LogP contribution in [-0.4, -0.2) is 80.9 Å². The van der Waals surface area contributed by atoms with Gasteiger partial charge in [0.25, 0.3) is 17.7 Å². The number of nitrogens with one attached hydrogen (secondary N) is 1. The Kier molecular flexibility index (Phi) is 6.92. The van der Waals surface area contributed by atoms with Gasteiger partial charge in [-0.2, -0.15) is 0 Å². The zero-order chi connectivity index (χ0) is 25.4. The Balaban J connectivity index is 1.76. The van der Waals surface area contributed by atoms with Gasteiger partial charge in [0, 0.05) is 25.7 Å². The lowest BCUT2D eigenvalue weighted by atomic mass is 9.72. The first-order valence-corrected chi connectivity index (χ1v) is 11.5. The zero-order valence-corrected chi connectivity index (χ0v) is 19.9. The molecule has 12 heteroatoms. The molecule has 188 valence electrons. The van der Waals surface area contributed by atoms with E-state index in [0.29, 0.717) is 45.1 Å². The summed E-state index contributed by atoms with van der Waals surface area (Å²) in [4.78, 5) is 66.9. The molecule has 0 aromatic heterocycles. The molecule has 0 radical (unpaired) electrons. The molecular weight excluding hydrogens is 444 g/mol. The number of urea groups is 2. The number of unbranched alkanes of at least 4 members (excludes halogenated alkanes) is 1. The number of hydrogen-bond donors (Lipinski definition) is 4. The van der Waals surface area contributed by atoms with Crippen molar-refractivity contribution in [1.82, 2.24) is 20.0 Å². The highest BCUT2D eigenvalue weighted by Crippen LogP contribution is 2.41. The highest BCUT2D eigenvalue weighted by Gasteiger charge is 2.50. The van der Waals surface area contributed by atoms with Gasteiger partial charge in [-0.3, -0.25) is 29.5 Å². The number of aliphatic hydroxyl groups excluding tert-OH is 1. The second kappa shape index (κ2) is 9.24. The number of amides is 7. The van der Waals surface area contributed by atoms with E-state index < -0.39 is 46.9 Å². The molecule has 0 unspecified atom stereocenters. The minimum Gasteiger partial charge on any atom is -0.396 e. The third kappa shape index (κ3) is 4.46. The number of barbiturate groups is 1. The van der Waals surface area contributed by atoms with Gasteiger partial charge in [0.1, 0.15) is 16.9 Å². The van der Waals surface area contributed by atoms with E-state index >= 15 is 0 Å². The molecule has 7 amide bonds. The van der Waals surface area contributed by atoms with Gasteiger partial charge in [-0.05, 0) is 57.8 Å². The van der Waals surface area contributed by atoms with Gasteiger partial charge in [0.15, 0.2) is 0 Å². The highest BCUT2D eigenvalue weighted by molar-refractivity contribution is 6.29. The van der Waals surface area contributed by atoms with Gasteiger partial charge in [0.2, 0.25) is 0 Å². The van der Waals surface area contributed by atoms with Crippen molar-refractivity contribution >= 4 is 29.8 Å². The van der Waals surface area contributed by atoms with Crippen LogP contribution in [-0.2, 0) is 14.4 Å². The van der Waals surface area contributed by atoms with Crippen molar-refractivity contribution < 1.29 is 29.1 Å². The van der Waals surface area contributed by atoms with Crippen molar-refractivity contribution in [3.05, 3.63) is 11.4 Å². The van der Waals surface area contributed by atoms with Gasteiger partial charge in [0.05, 0.1) is 0 Å². The Morgan fingerprint density at radius 1 is 1.03 bits per heavy atom. The van der Waals surface area contributed by atoms with Crippen LogP contribution < -0.4 is 16.8 Å². The minimum atomic E-state index is -0.955. The highest BCUT2D eigenvalue weighted by atomic mass is 16.3. The van der Waals surface area contributed by atoms with Crippen LogP contribution in [0.4, 0.5) is 9.59 Å². The van der Waals surface area contributed by atoms with Crippen LogP contribution in [0.2, 0.25) is 0 Å². The molecule has 34 heavy (non-hydrogen) atoms. The number of carbonyl (C=O) groups is 5.